The van der Waals surface area contributed by atoms with E-state index in [2.05, 4.69) is 21.4 Å². The Morgan fingerprint density at radius 2 is 1.88 bits per heavy atom. The van der Waals surface area contributed by atoms with Gasteiger partial charge in [-0.15, -0.1) is 11.3 Å². The van der Waals surface area contributed by atoms with E-state index < -0.39 is 0 Å². The van der Waals surface area contributed by atoms with Gasteiger partial charge in [0.2, 0.25) is 0 Å². The average molecular weight is 441 g/mol. The van der Waals surface area contributed by atoms with Gasteiger partial charge in [0.15, 0.2) is 5.13 Å². The molecule has 2 amide bonds. The number of thiazole rings is 1. The molecule has 158 valence electrons. The fourth-order valence-electron chi connectivity index (χ4n) is 3.84. The van der Waals surface area contributed by atoms with E-state index in [0.717, 1.165) is 34.5 Å². The number of nitrogens with one attached hydrogen (secondary N) is 1. The third kappa shape index (κ3) is 3.90. The summed E-state index contributed by atoms with van der Waals surface area (Å²) < 4.78 is 0. The number of hydrogen-bond donors (Lipinski definition) is 1. The van der Waals surface area contributed by atoms with Crippen LogP contribution >= 0.6 is 11.3 Å². The Hall–Kier alpha value is -3.84. The number of carbonyl (C=O) groups excluding carboxylic acids is 2. The Morgan fingerprint density at radius 3 is 2.69 bits per heavy atom. The van der Waals surface area contributed by atoms with Gasteiger partial charge >= 0.3 is 0 Å². The minimum Gasteiger partial charge on any atom is -0.308 e. The zero-order chi connectivity index (χ0) is 22.1. The number of anilines is 2. The Morgan fingerprint density at radius 1 is 1.03 bits per heavy atom. The molecular formula is C25H20N4O2S. The van der Waals surface area contributed by atoms with Crippen molar-refractivity contribution in [3.8, 4) is 11.3 Å². The van der Waals surface area contributed by atoms with Crippen LogP contribution in [0, 0.1) is 6.92 Å². The number of nitrogens with zero attached hydrogens (tertiary/aromatic N) is 3. The Kier molecular flexibility index (Phi) is 5.25. The van der Waals surface area contributed by atoms with Crippen molar-refractivity contribution in [2.45, 2.75) is 13.3 Å². The molecule has 0 saturated carbocycles. The van der Waals surface area contributed by atoms with Gasteiger partial charge in [-0.2, -0.15) is 0 Å². The SMILES string of the molecule is Cc1cccc(C(=O)N2CCc3cc(-c4csc(NC(=O)c5ccncc5)n4)ccc32)c1. The quantitative estimate of drug-likeness (QED) is 0.486. The van der Waals surface area contributed by atoms with E-state index in [0.29, 0.717) is 22.8 Å². The number of aromatic nitrogens is 2. The first-order valence-electron chi connectivity index (χ1n) is 10.3. The molecule has 5 rings (SSSR count). The molecule has 2 aromatic carbocycles. The normalized spacial score (nSPS) is 12.5. The van der Waals surface area contributed by atoms with Crippen LogP contribution in [-0.2, 0) is 6.42 Å². The third-order valence-corrected chi connectivity index (χ3v) is 6.21. The summed E-state index contributed by atoms with van der Waals surface area (Å²) in [6.45, 7) is 2.65. The Balaban J connectivity index is 1.34. The number of carbonyl (C=O) groups is 2. The van der Waals surface area contributed by atoms with Crippen molar-refractivity contribution in [2.75, 3.05) is 16.8 Å². The maximum Gasteiger partial charge on any atom is 0.258 e. The molecule has 0 spiro atoms. The Bertz CT molecular complexity index is 1320. The first-order valence-corrected chi connectivity index (χ1v) is 11.2. The molecule has 0 atom stereocenters. The molecule has 0 unspecified atom stereocenters. The van der Waals surface area contributed by atoms with E-state index in [-0.39, 0.29) is 11.8 Å². The molecule has 1 N–H and O–H groups in total. The lowest BCUT2D eigenvalue weighted by Crippen LogP contribution is -2.28. The highest BCUT2D eigenvalue weighted by Crippen LogP contribution is 2.34. The molecule has 0 saturated heterocycles. The van der Waals surface area contributed by atoms with Crippen LogP contribution in [0.25, 0.3) is 11.3 Å². The van der Waals surface area contributed by atoms with Crippen LogP contribution in [0.5, 0.6) is 0 Å². The molecule has 7 heteroatoms. The summed E-state index contributed by atoms with van der Waals surface area (Å²) in [5, 5.41) is 5.30. The number of fused-ring (bicyclic) bond motifs is 1. The van der Waals surface area contributed by atoms with Crippen molar-refractivity contribution in [3.63, 3.8) is 0 Å². The summed E-state index contributed by atoms with van der Waals surface area (Å²) in [5.74, 6) is -0.192. The van der Waals surface area contributed by atoms with Gasteiger partial charge in [0.25, 0.3) is 11.8 Å². The fraction of sp³-hybridized carbons (Fsp3) is 0.120. The van der Waals surface area contributed by atoms with Gasteiger partial charge in [0.05, 0.1) is 5.69 Å². The zero-order valence-electron chi connectivity index (χ0n) is 17.4. The number of pyridine rings is 1. The molecule has 0 bridgehead atoms. The van der Waals surface area contributed by atoms with Crippen LogP contribution in [0.4, 0.5) is 10.8 Å². The number of aryl methyl sites for hydroxylation is 1. The highest BCUT2D eigenvalue weighted by atomic mass is 32.1. The van der Waals surface area contributed by atoms with E-state index in [1.807, 2.05) is 53.6 Å². The smallest absolute Gasteiger partial charge is 0.258 e. The average Bonchev–Trinajstić information content (AvgIpc) is 3.46. The minimum absolute atomic E-state index is 0.0231. The van der Waals surface area contributed by atoms with Gasteiger partial charge in [-0.3, -0.25) is 19.9 Å². The highest BCUT2D eigenvalue weighted by molar-refractivity contribution is 7.14. The van der Waals surface area contributed by atoms with Crippen LogP contribution in [0.2, 0.25) is 0 Å². The molecule has 3 heterocycles. The van der Waals surface area contributed by atoms with Gasteiger partial charge in [0.1, 0.15) is 0 Å². The molecular weight excluding hydrogens is 420 g/mol. The molecule has 0 aliphatic carbocycles. The molecule has 6 nitrogen and oxygen atoms in total. The van der Waals surface area contributed by atoms with Crippen molar-refractivity contribution in [1.29, 1.82) is 0 Å². The van der Waals surface area contributed by atoms with Gasteiger partial charge < -0.3 is 4.90 Å². The number of hydrogen-bond acceptors (Lipinski definition) is 5. The van der Waals surface area contributed by atoms with Crippen LogP contribution in [0.3, 0.4) is 0 Å². The minimum atomic E-state index is -0.215. The molecule has 1 aliphatic heterocycles. The van der Waals surface area contributed by atoms with Crippen molar-refractivity contribution < 1.29 is 9.59 Å². The van der Waals surface area contributed by atoms with Crippen molar-refractivity contribution >= 4 is 34.0 Å². The van der Waals surface area contributed by atoms with Gasteiger partial charge in [-0.25, -0.2) is 4.98 Å². The summed E-state index contributed by atoms with van der Waals surface area (Å²) >= 11 is 1.38. The maximum atomic E-state index is 13.0. The molecule has 4 aromatic rings. The summed E-state index contributed by atoms with van der Waals surface area (Å²) in [4.78, 5) is 35.7. The molecule has 32 heavy (non-hydrogen) atoms. The predicted molar refractivity (Wildman–Crippen MR) is 126 cm³/mol. The van der Waals surface area contributed by atoms with E-state index >= 15 is 0 Å². The van der Waals surface area contributed by atoms with E-state index in [1.165, 1.54) is 11.3 Å². The monoisotopic (exact) mass is 440 g/mol. The van der Waals surface area contributed by atoms with Crippen LogP contribution in [0.15, 0.2) is 72.4 Å². The zero-order valence-corrected chi connectivity index (χ0v) is 18.2. The summed E-state index contributed by atoms with van der Waals surface area (Å²) in [6.07, 6.45) is 3.97. The van der Waals surface area contributed by atoms with Crippen LogP contribution < -0.4 is 10.2 Å². The first-order chi connectivity index (χ1) is 15.6. The lowest BCUT2D eigenvalue weighted by molar-refractivity contribution is 0.0987. The van der Waals surface area contributed by atoms with E-state index in [1.54, 1.807) is 24.5 Å². The molecule has 0 radical (unpaired) electrons. The van der Waals surface area contributed by atoms with Crippen LogP contribution in [0.1, 0.15) is 31.8 Å². The van der Waals surface area contributed by atoms with Crippen molar-refractivity contribution in [2.24, 2.45) is 0 Å². The second kappa shape index (κ2) is 8.36. The van der Waals surface area contributed by atoms with Crippen molar-refractivity contribution in [3.05, 3.63) is 94.6 Å². The maximum absolute atomic E-state index is 13.0. The largest absolute Gasteiger partial charge is 0.308 e. The first kappa shape index (κ1) is 20.1. The topological polar surface area (TPSA) is 75.2 Å². The van der Waals surface area contributed by atoms with E-state index in [9.17, 15) is 9.59 Å². The number of benzene rings is 2. The van der Waals surface area contributed by atoms with Gasteiger partial charge in [-0.1, -0.05) is 23.8 Å². The van der Waals surface area contributed by atoms with E-state index in [4.69, 9.17) is 0 Å². The molecule has 1 aliphatic rings. The lowest BCUT2D eigenvalue weighted by Gasteiger charge is -2.18. The second-order valence-electron chi connectivity index (χ2n) is 7.65. The standard InChI is InChI=1S/C25H20N4O2S/c1-16-3-2-4-20(13-16)24(31)29-12-9-19-14-18(5-6-22(19)29)21-15-32-25(27-21)28-23(30)17-7-10-26-11-8-17/h2-8,10-11,13-15H,9,12H2,1H3,(H,27,28,30). The molecule has 0 fully saturated rings. The van der Waals surface area contributed by atoms with Crippen molar-refractivity contribution in [1.82, 2.24) is 9.97 Å². The third-order valence-electron chi connectivity index (χ3n) is 5.45. The lowest BCUT2D eigenvalue weighted by atomic mass is 10.1. The second-order valence-corrected chi connectivity index (χ2v) is 8.51. The Labute approximate surface area is 189 Å². The fourth-order valence-corrected chi connectivity index (χ4v) is 4.56. The summed E-state index contributed by atoms with van der Waals surface area (Å²) in [7, 11) is 0. The number of rotatable bonds is 4. The van der Waals surface area contributed by atoms with Gasteiger partial charge in [-0.05, 0) is 55.3 Å². The summed E-state index contributed by atoms with van der Waals surface area (Å²) in [6, 6.07) is 17.1. The summed E-state index contributed by atoms with van der Waals surface area (Å²) in [5.41, 5.74) is 6.14. The number of amides is 2. The van der Waals surface area contributed by atoms with Gasteiger partial charge in [0, 0.05) is 46.7 Å². The predicted octanol–water partition coefficient (Wildman–Crippen LogP) is 4.97. The van der Waals surface area contributed by atoms with Crippen LogP contribution in [-0.4, -0.2) is 28.3 Å². The highest BCUT2D eigenvalue weighted by Gasteiger charge is 2.26. The molecule has 2 aromatic heterocycles.